The van der Waals surface area contributed by atoms with Crippen molar-refractivity contribution in [3.8, 4) is 23.3 Å². The van der Waals surface area contributed by atoms with Crippen LogP contribution in [0.1, 0.15) is 50.0 Å². The van der Waals surface area contributed by atoms with Crippen LogP contribution < -0.4 is 9.64 Å². The number of carbonyl (C=O) groups is 1. The average Bonchev–Trinajstić information content (AvgIpc) is 3.84. The molecular weight excluding hydrogens is 700 g/mol. The molecule has 53 heavy (non-hydrogen) atoms. The minimum absolute atomic E-state index is 0.00257. The molecule has 1 aliphatic carbocycles. The number of likely N-dealkylation sites (N-methyl/N-ethyl adjacent to an activating group) is 1. The van der Waals surface area contributed by atoms with Gasteiger partial charge in [0.2, 0.25) is 5.91 Å². The van der Waals surface area contributed by atoms with Gasteiger partial charge in [-0.3, -0.25) is 19.6 Å². The van der Waals surface area contributed by atoms with Crippen LogP contribution in [0.4, 0.5) is 14.6 Å². The second kappa shape index (κ2) is 15.1. The number of carbonyl (C=O) groups excluding carboxylic acids is 1. The summed E-state index contributed by atoms with van der Waals surface area (Å²) < 4.78 is 37.8. The highest BCUT2D eigenvalue weighted by molar-refractivity contribution is 6.32. The Morgan fingerprint density at radius 2 is 1.96 bits per heavy atom. The average molecular weight is 746 g/mol. The third-order valence-corrected chi connectivity index (χ3v) is 12.1. The van der Waals surface area contributed by atoms with Crippen LogP contribution in [-0.2, 0) is 4.79 Å². The summed E-state index contributed by atoms with van der Waals surface area (Å²) in [5, 5.41) is 10.8. The van der Waals surface area contributed by atoms with E-state index in [4.69, 9.17) is 21.3 Å². The third kappa shape index (κ3) is 7.31. The number of amides is 1. The summed E-state index contributed by atoms with van der Waals surface area (Å²) in [5.41, 5.74) is 1.32. The van der Waals surface area contributed by atoms with E-state index in [1.54, 1.807) is 23.2 Å². The van der Waals surface area contributed by atoms with Gasteiger partial charge < -0.3 is 19.4 Å². The van der Waals surface area contributed by atoms with Crippen LogP contribution in [0.25, 0.3) is 22.2 Å². The second-order valence-corrected chi connectivity index (χ2v) is 15.8. The Bertz CT molecular complexity index is 1930. The SMILES string of the molecule is CN1CCN(C/C=C/C(=O)N2CCN(c3nc(OC[C@@]45CCCN4C[C@H](F)C5)nc4c(F)c(-c5cccc(Cl)c5C5CC5)ncc34)C[C@@H]2CC#N)CC1. The standard InChI is InChI=1S/C39H46ClF2N9O2/c1-47-15-17-48(18-16-47)13-3-7-32(52)51-20-19-49(24-28(51)10-12-43)37-30-22-44-35(29-5-2-6-31(40)33(29)26-8-9-26)34(42)36(30)45-38(46-37)53-25-39-11-4-14-50(39)23-27(41)21-39/h2-3,5-7,22,26-28H,4,8-11,13-21,23-25H2,1H3/b7-3+/t27-,28+,39+/m1/s1. The van der Waals surface area contributed by atoms with Gasteiger partial charge in [-0.1, -0.05) is 29.8 Å². The fraction of sp³-hybridized carbons (Fsp3) is 0.564. The van der Waals surface area contributed by atoms with Gasteiger partial charge in [0, 0.05) is 88.2 Å². The van der Waals surface area contributed by atoms with E-state index in [2.05, 4.69) is 37.8 Å². The molecule has 3 atom stereocenters. The number of hydrogen-bond acceptors (Lipinski definition) is 10. The highest BCUT2D eigenvalue weighted by Gasteiger charge is 2.49. The van der Waals surface area contributed by atoms with Gasteiger partial charge in [-0.2, -0.15) is 15.2 Å². The van der Waals surface area contributed by atoms with E-state index in [1.165, 1.54) is 0 Å². The molecule has 280 valence electrons. The molecule has 0 radical (unpaired) electrons. The fourth-order valence-electron chi connectivity index (χ4n) is 8.74. The van der Waals surface area contributed by atoms with Gasteiger partial charge >= 0.3 is 6.01 Å². The first-order chi connectivity index (χ1) is 25.7. The van der Waals surface area contributed by atoms with Crippen molar-refractivity contribution in [3.05, 3.63) is 53.0 Å². The van der Waals surface area contributed by atoms with Crippen LogP contribution in [0.15, 0.2) is 36.5 Å². The summed E-state index contributed by atoms with van der Waals surface area (Å²) in [5.74, 6) is -0.0531. The number of aromatic nitrogens is 3. The summed E-state index contributed by atoms with van der Waals surface area (Å²) in [6.07, 6.45) is 8.45. The van der Waals surface area contributed by atoms with Gasteiger partial charge in [-0.05, 0) is 56.8 Å². The van der Waals surface area contributed by atoms with Crippen LogP contribution in [0.2, 0.25) is 5.02 Å². The lowest BCUT2D eigenvalue weighted by atomic mass is 9.95. The number of nitrogens with zero attached hydrogens (tertiary/aromatic N) is 9. The molecule has 11 nitrogen and oxygen atoms in total. The number of piperazine rings is 2. The van der Waals surface area contributed by atoms with Crippen LogP contribution in [0.5, 0.6) is 6.01 Å². The van der Waals surface area contributed by atoms with Crippen molar-refractivity contribution in [2.24, 2.45) is 0 Å². The number of fused-ring (bicyclic) bond motifs is 2. The number of rotatable bonds is 10. The van der Waals surface area contributed by atoms with Gasteiger partial charge in [-0.15, -0.1) is 0 Å². The quantitative estimate of drug-likeness (QED) is 0.262. The molecule has 14 heteroatoms. The Hall–Kier alpha value is -3.96. The molecular formula is C39H46ClF2N9O2. The molecule has 8 rings (SSSR count). The molecule has 5 fully saturated rings. The van der Waals surface area contributed by atoms with E-state index in [1.807, 2.05) is 23.1 Å². The predicted octanol–water partition coefficient (Wildman–Crippen LogP) is 5.05. The van der Waals surface area contributed by atoms with E-state index < -0.39 is 23.6 Å². The molecule has 4 saturated heterocycles. The maximum Gasteiger partial charge on any atom is 0.319 e. The van der Waals surface area contributed by atoms with Crippen LogP contribution >= 0.6 is 11.6 Å². The molecule has 5 aliphatic rings. The lowest BCUT2D eigenvalue weighted by Crippen LogP contribution is -2.55. The Balaban J connectivity index is 1.10. The van der Waals surface area contributed by atoms with Crippen molar-refractivity contribution in [1.29, 1.82) is 5.26 Å². The Morgan fingerprint density at radius 3 is 2.75 bits per heavy atom. The summed E-state index contributed by atoms with van der Waals surface area (Å²) >= 11 is 6.64. The maximum atomic E-state index is 16.9. The highest BCUT2D eigenvalue weighted by Crippen LogP contribution is 2.48. The topological polar surface area (TPSA) is 105 Å². The fourth-order valence-corrected chi connectivity index (χ4v) is 9.07. The molecule has 0 spiro atoms. The molecule has 1 aromatic carbocycles. The molecule has 3 aromatic rings. The van der Waals surface area contributed by atoms with E-state index in [9.17, 15) is 14.4 Å². The van der Waals surface area contributed by atoms with Crippen molar-refractivity contribution in [2.75, 3.05) is 84.0 Å². The van der Waals surface area contributed by atoms with E-state index in [-0.39, 0.29) is 42.1 Å². The molecule has 1 amide bonds. The number of nitriles is 1. The number of pyridine rings is 1. The van der Waals surface area contributed by atoms with E-state index in [0.29, 0.717) is 60.9 Å². The number of hydrogen-bond donors (Lipinski definition) is 0. The monoisotopic (exact) mass is 745 g/mol. The number of benzene rings is 1. The summed E-state index contributed by atoms with van der Waals surface area (Å²) in [6.45, 7) is 7.05. The van der Waals surface area contributed by atoms with E-state index in [0.717, 1.165) is 64.0 Å². The van der Waals surface area contributed by atoms with Gasteiger partial charge in [0.05, 0.1) is 29.5 Å². The number of halogens is 3. The Labute approximate surface area is 314 Å². The van der Waals surface area contributed by atoms with Gasteiger partial charge in [0.15, 0.2) is 5.82 Å². The molecule has 0 N–H and O–H groups in total. The van der Waals surface area contributed by atoms with Crippen LogP contribution in [0.3, 0.4) is 0 Å². The van der Waals surface area contributed by atoms with Crippen LogP contribution in [-0.4, -0.2) is 137 Å². The third-order valence-electron chi connectivity index (χ3n) is 11.8. The summed E-state index contributed by atoms with van der Waals surface area (Å²) in [4.78, 5) is 38.1. The normalized spacial score (nSPS) is 25.7. The number of alkyl halides is 1. The first kappa shape index (κ1) is 36.0. The number of ether oxygens (including phenoxy) is 1. The van der Waals surface area contributed by atoms with Crippen molar-refractivity contribution < 1.29 is 18.3 Å². The van der Waals surface area contributed by atoms with Gasteiger partial charge in [0.25, 0.3) is 0 Å². The summed E-state index contributed by atoms with van der Waals surface area (Å²) in [6, 6.07) is 7.32. The second-order valence-electron chi connectivity index (χ2n) is 15.4. The molecule has 4 aliphatic heterocycles. The first-order valence-corrected chi connectivity index (χ1v) is 19.3. The molecule has 1 saturated carbocycles. The highest BCUT2D eigenvalue weighted by atomic mass is 35.5. The predicted molar refractivity (Wildman–Crippen MR) is 199 cm³/mol. The zero-order valence-electron chi connectivity index (χ0n) is 30.2. The first-order valence-electron chi connectivity index (χ1n) is 18.9. The lowest BCUT2D eigenvalue weighted by Gasteiger charge is -2.41. The van der Waals surface area contributed by atoms with Crippen molar-refractivity contribution in [3.63, 3.8) is 0 Å². The largest absolute Gasteiger partial charge is 0.461 e. The minimum atomic E-state index is -0.922. The van der Waals surface area contributed by atoms with Gasteiger partial charge in [0.1, 0.15) is 29.8 Å². The lowest BCUT2D eigenvalue weighted by molar-refractivity contribution is -0.128. The van der Waals surface area contributed by atoms with Gasteiger partial charge in [-0.25, -0.2) is 8.78 Å². The molecule has 0 bridgehead atoms. The Kier molecular flexibility index (Phi) is 10.2. The molecule has 0 unspecified atom stereocenters. The molecule has 2 aromatic heterocycles. The number of anilines is 1. The Morgan fingerprint density at radius 1 is 1.13 bits per heavy atom. The molecule has 6 heterocycles. The van der Waals surface area contributed by atoms with Crippen molar-refractivity contribution in [1.82, 2.24) is 34.6 Å². The summed E-state index contributed by atoms with van der Waals surface area (Å²) in [7, 11) is 2.11. The van der Waals surface area contributed by atoms with Crippen LogP contribution in [0, 0.1) is 17.1 Å². The van der Waals surface area contributed by atoms with E-state index >= 15 is 4.39 Å². The minimum Gasteiger partial charge on any atom is -0.461 e. The van der Waals surface area contributed by atoms with Crippen molar-refractivity contribution in [2.45, 2.75) is 62.2 Å². The van der Waals surface area contributed by atoms with Crippen molar-refractivity contribution >= 4 is 34.2 Å². The zero-order valence-corrected chi connectivity index (χ0v) is 30.9. The zero-order chi connectivity index (χ0) is 36.7. The maximum absolute atomic E-state index is 16.9. The smallest absolute Gasteiger partial charge is 0.319 e.